The Morgan fingerprint density at radius 1 is 1.50 bits per heavy atom. The van der Waals surface area contributed by atoms with Crippen molar-refractivity contribution in [3.8, 4) is 0 Å². The van der Waals surface area contributed by atoms with E-state index in [9.17, 15) is 0 Å². The zero-order chi connectivity index (χ0) is 10.4. The van der Waals surface area contributed by atoms with Crippen molar-refractivity contribution in [3.05, 3.63) is 34.6 Å². The van der Waals surface area contributed by atoms with Gasteiger partial charge in [0.2, 0.25) is 0 Å². The molecule has 0 aromatic carbocycles. The lowest BCUT2D eigenvalue weighted by molar-refractivity contribution is 0.809. The molecule has 0 radical (unpaired) electrons. The Balaban J connectivity index is 2.62. The number of aromatic nitrogens is 1. The molecule has 0 amide bonds. The number of nitrogens with zero attached hydrogens (tertiary/aromatic N) is 1. The van der Waals surface area contributed by atoms with Crippen LogP contribution in [0.1, 0.15) is 17.7 Å². The van der Waals surface area contributed by atoms with Crippen molar-refractivity contribution in [2.24, 2.45) is 0 Å². The summed E-state index contributed by atoms with van der Waals surface area (Å²) < 4.78 is 0. The molecule has 1 rings (SSSR count). The molecule has 0 atom stereocenters. The van der Waals surface area contributed by atoms with E-state index in [0.29, 0.717) is 5.15 Å². The van der Waals surface area contributed by atoms with Gasteiger partial charge in [-0.25, -0.2) is 4.98 Å². The first-order valence-electron chi connectivity index (χ1n) is 4.68. The van der Waals surface area contributed by atoms with Gasteiger partial charge in [0.1, 0.15) is 5.15 Å². The van der Waals surface area contributed by atoms with Crippen LogP contribution in [0.3, 0.4) is 0 Å². The molecule has 0 aliphatic carbocycles. The van der Waals surface area contributed by atoms with Crippen molar-refractivity contribution < 1.29 is 0 Å². The molecule has 1 heterocycles. The summed E-state index contributed by atoms with van der Waals surface area (Å²) in [5, 5.41) is 3.65. The van der Waals surface area contributed by atoms with Crippen LogP contribution in [0.25, 0.3) is 6.08 Å². The van der Waals surface area contributed by atoms with Crippen LogP contribution in [0.5, 0.6) is 0 Å². The molecule has 1 aromatic rings. The predicted octanol–water partition coefficient (Wildman–Crippen LogP) is 2.67. The van der Waals surface area contributed by atoms with Crippen molar-refractivity contribution in [1.82, 2.24) is 10.3 Å². The quantitative estimate of drug-likeness (QED) is 0.611. The summed E-state index contributed by atoms with van der Waals surface area (Å²) in [6, 6.07) is 3.95. The second kappa shape index (κ2) is 5.78. The highest BCUT2D eigenvalue weighted by atomic mass is 35.5. The van der Waals surface area contributed by atoms with E-state index in [2.05, 4.69) is 16.4 Å². The van der Waals surface area contributed by atoms with E-state index < -0.39 is 0 Å². The third-order valence-electron chi connectivity index (χ3n) is 1.88. The summed E-state index contributed by atoms with van der Waals surface area (Å²) in [5.74, 6) is 0. The summed E-state index contributed by atoms with van der Waals surface area (Å²) in [4.78, 5) is 4.17. The van der Waals surface area contributed by atoms with E-state index in [4.69, 9.17) is 11.6 Å². The van der Waals surface area contributed by atoms with Crippen LogP contribution in [0, 0.1) is 6.92 Å². The van der Waals surface area contributed by atoms with Crippen molar-refractivity contribution in [3.63, 3.8) is 0 Å². The minimum absolute atomic E-state index is 0.575. The largest absolute Gasteiger partial charge is 0.319 e. The monoisotopic (exact) mass is 210 g/mol. The lowest BCUT2D eigenvalue weighted by atomic mass is 10.2. The Morgan fingerprint density at radius 2 is 2.29 bits per heavy atom. The highest BCUT2D eigenvalue weighted by Gasteiger charge is 1.96. The Hall–Kier alpha value is -0.860. The van der Waals surface area contributed by atoms with Gasteiger partial charge < -0.3 is 5.32 Å². The minimum atomic E-state index is 0.575. The van der Waals surface area contributed by atoms with Gasteiger partial charge in [-0.15, -0.1) is 0 Å². The smallest absolute Gasteiger partial charge is 0.136 e. The van der Waals surface area contributed by atoms with Crippen LogP contribution in [-0.4, -0.2) is 18.6 Å². The van der Waals surface area contributed by atoms with Gasteiger partial charge in [-0.3, -0.25) is 0 Å². The highest BCUT2D eigenvalue weighted by molar-refractivity contribution is 6.30. The molecule has 0 bridgehead atoms. The van der Waals surface area contributed by atoms with Gasteiger partial charge in [0.25, 0.3) is 0 Å². The number of rotatable bonds is 4. The third kappa shape index (κ3) is 3.48. The molecular weight excluding hydrogens is 196 g/mol. The van der Waals surface area contributed by atoms with Crippen molar-refractivity contribution in [1.29, 1.82) is 0 Å². The van der Waals surface area contributed by atoms with Crippen LogP contribution < -0.4 is 5.32 Å². The topological polar surface area (TPSA) is 24.9 Å². The van der Waals surface area contributed by atoms with E-state index in [1.165, 1.54) is 0 Å². The summed E-state index contributed by atoms with van der Waals surface area (Å²) in [6.45, 7) is 2.91. The van der Waals surface area contributed by atoms with Gasteiger partial charge in [0.15, 0.2) is 0 Å². The van der Waals surface area contributed by atoms with Crippen molar-refractivity contribution in [2.75, 3.05) is 13.6 Å². The summed E-state index contributed by atoms with van der Waals surface area (Å²) in [5.41, 5.74) is 1.93. The Bertz CT molecular complexity index is 321. The maximum absolute atomic E-state index is 5.96. The van der Waals surface area contributed by atoms with Crippen LogP contribution in [0.2, 0.25) is 5.15 Å². The van der Waals surface area contributed by atoms with E-state index in [1.54, 1.807) is 0 Å². The number of pyridine rings is 1. The fourth-order valence-corrected chi connectivity index (χ4v) is 1.36. The number of hydrogen-bond donors (Lipinski definition) is 1. The third-order valence-corrected chi connectivity index (χ3v) is 2.18. The SMILES string of the molecule is CNCCC=Cc1ccc(C)nc1Cl. The first-order valence-corrected chi connectivity index (χ1v) is 5.06. The first-order chi connectivity index (χ1) is 6.74. The number of nitrogens with one attached hydrogen (secondary N) is 1. The van der Waals surface area contributed by atoms with Crippen LogP contribution in [0.4, 0.5) is 0 Å². The van der Waals surface area contributed by atoms with Crippen LogP contribution in [-0.2, 0) is 0 Å². The first kappa shape index (κ1) is 11.2. The van der Waals surface area contributed by atoms with Gasteiger partial charge in [-0.05, 0) is 33.0 Å². The molecule has 76 valence electrons. The average Bonchev–Trinajstić information content (AvgIpc) is 2.15. The molecule has 2 nitrogen and oxygen atoms in total. The van der Waals surface area contributed by atoms with Crippen molar-refractivity contribution >= 4 is 17.7 Å². The molecule has 3 heteroatoms. The maximum Gasteiger partial charge on any atom is 0.136 e. The summed E-state index contributed by atoms with van der Waals surface area (Å²) in [6.07, 6.45) is 5.10. The van der Waals surface area contributed by atoms with E-state index >= 15 is 0 Å². The molecule has 0 saturated heterocycles. The molecule has 0 unspecified atom stereocenters. The highest BCUT2D eigenvalue weighted by Crippen LogP contribution is 2.15. The molecule has 0 spiro atoms. The number of halogens is 1. The molecule has 0 aliphatic heterocycles. The molecule has 1 N–H and O–H groups in total. The van der Waals surface area contributed by atoms with Gasteiger partial charge >= 0.3 is 0 Å². The van der Waals surface area contributed by atoms with Gasteiger partial charge in [-0.2, -0.15) is 0 Å². The normalized spacial score (nSPS) is 11.1. The molecule has 0 saturated carbocycles. The van der Waals surface area contributed by atoms with Gasteiger partial charge in [0.05, 0.1) is 0 Å². The lowest BCUT2D eigenvalue weighted by Crippen LogP contribution is -2.05. The van der Waals surface area contributed by atoms with Gasteiger partial charge in [0, 0.05) is 11.3 Å². The predicted molar refractivity (Wildman–Crippen MR) is 61.6 cm³/mol. The molecular formula is C11H15ClN2. The summed E-state index contributed by atoms with van der Waals surface area (Å²) >= 11 is 5.96. The molecule has 0 fully saturated rings. The molecule has 0 aliphatic rings. The Morgan fingerprint density at radius 3 is 2.93 bits per heavy atom. The van der Waals surface area contributed by atoms with E-state index in [-0.39, 0.29) is 0 Å². The average molecular weight is 211 g/mol. The number of hydrogen-bond acceptors (Lipinski definition) is 2. The Kier molecular flexibility index (Phi) is 4.63. The fourth-order valence-electron chi connectivity index (χ4n) is 1.10. The minimum Gasteiger partial charge on any atom is -0.319 e. The zero-order valence-electron chi connectivity index (χ0n) is 8.55. The number of aryl methyl sites for hydroxylation is 1. The van der Waals surface area contributed by atoms with E-state index in [1.807, 2.05) is 32.2 Å². The molecule has 14 heavy (non-hydrogen) atoms. The lowest BCUT2D eigenvalue weighted by Gasteiger charge is -1.98. The van der Waals surface area contributed by atoms with E-state index in [0.717, 1.165) is 24.2 Å². The standard InChI is InChI=1S/C11H15ClN2/c1-9-6-7-10(11(12)14-9)5-3-4-8-13-2/h3,5-7,13H,4,8H2,1-2H3. The zero-order valence-corrected chi connectivity index (χ0v) is 9.30. The Labute approximate surface area is 90.0 Å². The van der Waals surface area contributed by atoms with Crippen LogP contribution >= 0.6 is 11.6 Å². The molecule has 1 aromatic heterocycles. The summed E-state index contributed by atoms with van der Waals surface area (Å²) in [7, 11) is 1.94. The van der Waals surface area contributed by atoms with Crippen LogP contribution in [0.15, 0.2) is 18.2 Å². The van der Waals surface area contributed by atoms with Gasteiger partial charge in [-0.1, -0.05) is 29.8 Å². The fraction of sp³-hybridized carbons (Fsp3) is 0.364. The second-order valence-electron chi connectivity index (χ2n) is 3.13. The van der Waals surface area contributed by atoms with Crippen molar-refractivity contribution in [2.45, 2.75) is 13.3 Å². The second-order valence-corrected chi connectivity index (χ2v) is 3.49. The maximum atomic E-state index is 5.96.